The lowest BCUT2D eigenvalue weighted by atomic mass is 10.2. The molecule has 92 valence electrons. The van der Waals surface area contributed by atoms with Crippen LogP contribution in [0.4, 0.5) is 11.5 Å². The molecular weight excluding hydrogens is 244 g/mol. The van der Waals surface area contributed by atoms with E-state index in [4.69, 9.17) is 11.6 Å². The van der Waals surface area contributed by atoms with Gasteiger partial charge in [0.05, 0.1) is 9.95 Å². The lowest BCUT2D eigenvalue weighted by molar-refractivity contribution is -0.385. The molecule has 2 rings (SSSR count). The number of aromatic nitrogens is 1. The molecule has 0 radical (unpaired) electrons. The molecule has 1 fully saturated rings. The van der Waals surface area contributed by atoms with Crippen LogP contribution < -0.4 is 5.32 Å². The first-order valence-electron chi connectivity index (χ1n) is 5.31. The SMILES string of the molecule is CN1CCC(Nc2ncc([N+](=O)[O-])cc2Cl)C1. The van der Waals surface area contributed by atoms with E-state index in [0.29, 0.717) is 11.9 Å². The van der Waals surface area contributed by atoms with E-state index in [0.717, 1.165) is 19.5 Å². The lowest BCUT2D eigenvalue weighted by Gasteiger charge is -2.14. The Morgan fingerprint density at radius 2 is 2.47 bits per heavy atom. The van der Waals surface area contributed by atoms with Crippen molar-refractivity contribution < 1.29 is 4.92 Å². The first-order chi connectivity index (χ1) is 8.06. The summed E-state index contributed by atoms with van der Waals surface area (Å²) in [6.45, 7) is 1.96. The van der Waals surface area contributed by atoms with Gasteiger partial charge in [0.2, 0.25) is 0 Å². The summed E-state index contributed by atoms with van der Waals surface area (Å²) in [6.07, 6.45) is 2.23. The summed E-state index contributed by atoms with van der Waals surface area (Å²) in [5.41, 5.74) is -0.0934. The van der Waals surface area contributed by atoms with E-state index in [1.807, 2.05) is 7.05 Å². The summed E-state index contributed by atoms with van der Waals surface area (Å²) in [6, 6.07) is 1.61. The maximum Gasteiger partial charge on any atom is 0.289 e. The predicted octanol–water partition coefficient (Wildman–Crippen LogP) is 1.76. The van der Waals surface area contributed by atoms with Gasteiger partial charge in [-0.3, -0.25) is 10.1 Å². The van der Waals surface area contributed by atoms with Crippen LogP contribution in [0.15, 0.2) is 12.3 Å². The van der Waals surface area contributed by atoms with Crippen molar-refractivity contribution in [2.45, 2.75) is 12.5 Å². The number of anilines is 1. The van der Waals surface area contributed by atoms with Crippen molar-refractivity contribution in [3.05, 3.63) is 27.4 Å². The fraction of sp³-hybridized carbons (Fsp3) is 0.500. The molecule has 1 saturated heterocycles. The molecule has 0 amide bonds. The molecular formula is C10H13ClN4O2. The fourth-order valence-corrected chi connectivity index (χ4v) is 2.10. The number of pyridine rings is 1. The van der Waals surface area contributed by atoms with Crippen LogP contribution in [0, 0.1) is 10.1 Å². The van der Waals surface area contributed by atoms with Crippen molar-refractivity contribution in [2.24, 2.45) is 0 Å². The number of likely N-dealkylation sites (N-methyl/N-ethyl adjacent to an activating group) is 1. The van der Waals surface area contributed by atoms with Crippen LogP contribution in [0.2, 0.25) is 5.02 Å². The van der Waals surface area contributed by atoms with E-state index in [-0.39, 0.29) is 10.7 Å². The van der Waals surface area contributed by atoms with E-state index >= 15 is 0 Å². The Bertz CT molecular complexity index is 440. The van der Waals surface area contributed by atoms with Gasteiger partial charge in [-0.1, -0.05) is 11.6 Å². The van der Waals surface area contributed by atoms with Gasteiger partial charge in [-0.2, -0.15) is 0 Å². The van der Waals surface area contributed by atoms with Gasteiger partial charge in [0.1, 0.15) is 12.0 Å². The van der Waals surface area contributed by atoms with Crippen molar-refractivity contribution in [1.82, 2.24) is 9.88 Å². The van der Waals surface area contributed by atoms with E-state index < -0.39 is 4.92 Å². The van der Waals surface area contributed by atoms with E-state index in [1.54, 1.807) is 0 Å². The van der Waals surface area contributed by atoms with E-state index in [2.05, 4.69) is 15.2 Å². The fourth-order valence-electron chi connectivity index (χ4n) is 1.88. The number of halogens is 1. The standard InChI is InChI=1S/C10H13ClN4O2/c1-14-3-2-7(6-14)13-10-9(11)4-8(5-12-10)15(16)17/h4-5,7H,2-3,6H2,1H3,(H,12,13). The third-order valence-corrected chi connectivity index (χ3v) is 3.06. The van der Waals surface area contributed by atoms with Crippen LogP contribution in [0.5, 0.6) is 0 Å². The Morgan fingerprint density at radius 3 is 3.00 bits per heavy atom. The molecule has 1 aromatic rings. The van der Waals surface area contributed by atoms with Crippen LogP contribution in [-0.4, -0.2) is 41.0 Å². The van der Waals surface area contributed by atoms with Gasteiger partial charge in [0.15, 0.2) is 0 Å². The highest BCUT2D eigenvalue weighted by molar-refractivity contribution is 6.33. The zero-order valence-corrected chi connectivity index (χ0v) is 10.1. The normalized spacial score (nSPS) is 20.5. The molecule has 0 saturated carbocycles. The Kier molecular flexibility index (Phi) is 3.44. The molecule has 1 aliphatic heterocycles. The number of hydrogen-bond donors (Lipinski definition) is 1. The molecule has 7 heteroatoms. The quantitative estimate of drug-likeness (QED) is 0.659. The third-order valence-electron chi connectivity index (χ3n) is 2.77. The average Bonchev–Trinajstić information content (AvgIpc) is 2.67. The van der Waals surface area contributed by atoms with Crippen LogP contribution in [-0.2, 0) is 0 Å². The van der Waals surface area contributed by atoms with Gasteiger partial charge in [0, 0.05) is 18.7 Å². The van der Waals surface area contributed by atoms with Crippen molar-refractivity contribution in [3.8, 4) is 0 Å². The molecule has 0 aliphatic carbocycles. The third kappa shape index (κ3) is 2.83. The number of likely N-dealkylation sites (tertiary alicyclic amines) is 1. The minimum Gasteiger partial charge on any atom is -0.365 e. The largest absolute Gasteiger partial charge is 0.365 e. The molecule has 6 nitrogen and oxygen atoms in total. The monoisotopic (exact) mass is 256 g/mol. The highest BCUT2D eigenvalue weighted by Crippen LogP contribution is 2.25. The smallest absolute Gasteiger partial charge is 0.289 e. The zero-order valence-electron chi connectivity index (χ0n) is 9.39. The van der Waals surface area contributed by atoms with Crippen molar-refractivity contribution in [2.75, 3.05) is 25.5 Å². The molecule has 0 spiro atoms. The molecule has 1 N–H and O–H groups in total. The van der Waals surface area contributed by atoms with Gasteiger partial charge in [-0.05, 0) is 20.0 Å². The van der Waals surface area contributed by atoms with Crippen LogP contribution >= 0.6 is 11.6 Å². The number of nitrogens with zero attached hydrogens (tertiary/aromatic N) is 3. The average molecular weight is 257 g/mol. The summed E-state index contributed by atoms with van der Waals surface area (Å²) in [7, 11) is 2.05. The Hall–Kier alpha value is -1.40. The highest BCUT2D eigenvalue weighted by Gasteiger charge is 2.21. The number of nitrogens with one attached hydrogen (secondary N) is 1. The summed E-state index contributed by atoms with van der Waals surface area (Å²) >= 11 is 5.95. The first kappa shape index (κ1) is 12.1. The zero-order chi connectivity index (χ0) is 12.4. The summed E-state index contributed by atoms with van der Waals surface area (Å²) < 4.78 is 0. The number of nitro groups is 1. The lowest BCUT2D eigenvalue weighted by Crippen LogP contribution is -2.24. The molecule has 1 unspecified atom stereocenters. The second-order valence-corrected chi connectivity index (χ2v) is 4.58. The Labute approximate surface area is 104 Å². The van der Waals surface area contributed by atoms with Crippen molar-refractivity contribution >= 4 is 23.1 Å². The molecule has 1 aliphatic rings. The molecule has 0 aromatic carbocycles. The Balaban J connectivity index is 2.09. The summed E-state index contributed by atoms with van der Waals surface area (Å²) in [4.78, 5) is 16.2. The molecule has 1 aromatic heterocycles. The first-order valence-corrected chi connectivity index (χ1v) is 5.69. The van der Waals surface area contributed by atoms with E-state index in [9.17, 15) is 10.1 Å². The molecule has 0 bridgehead atoms. The Morgan fingerprint density at radius 1 is 1.71 bits per heavy atom. The summed E-state index contributed by atoms with van der Waals surface area (Å²) in [5, 5.41) is 14.0. The van der Waals surface area contributed by atoms with Crippen molar-refractivity contribution in [1.29, 1.82) is 0 Å². The van der Waals surface area contributed by atoms with Gasteiger partial charge in [-0.15, -0.1) is 0 Å². The van der Waals surface area contributed by atoms with Gasteiger partial charge < -0.3 is 10.2 Å². The topological polar surface area (TPSA) is 71.3 Å². The van der Waals surface area contributed by atoms with Crippen molar-refractivity contribution in [3.63, 3.8) is 0 Å². The van der Waals surface area contributed by atoms with Gasteiger partial charge >= 0.3 is 0 Å². The molecule has 17 heavy (non-hydrogen) atoms. The maximum absolute atomic E-state index is 10.5. The van der Waals surface area contributed by atoms with Gasteiger partial charge in [0.25, 0.3) is 5.69 Å². The molecule has 1 atom stereocenters. The number of rotatable bonds is 3. The van der Waals surface area contributed by atoms with E-state index in [1.165, 1.54) is 12.3 Å². The van der Waals surface area contributed by atoms with Crippen LogP contribution in [0.3, 0.4) is 0 Å². The number of hydrogen-bond acceptors (Lipinski definition) is 5. The minimum absolute atomic E-state index is 0.0934. The summed E-state index contributed by atoms with van der Waals surface area (Å²) in [5.74, 6) is 0.512. The van der Waals surface area contributed by atoms with Gasteiger partial charge in [-0.25, -0.2) is 4.98 Å². The molecule has 2 heterocycles. The minimum atomic E-state index is -0.508. The predicted molar refractivity (Wildman–Crippen MR) is 65.4 cm³/mol. The highest BCUT2D eigenvalue weighted by atomic mass is 35.5. The van der Waals surface area contributed by atoms with Crippen LogP contribution in [0.1, 0.15) is 6.42 Å². The van der Waals surface area contributed by atoms with Crippen LogP contribution in [0.25, 0.3) is 0 Å². The second kappa shape index (κ2) is 4.85. The second-order valence-electron chi connectivity index (χ2n) is 4.17. The maximum atomic E-state index is 10.5.